The number of carbonyl (C=O) groups is 1. The second-order valence-corrected chi connectivity index (χ2v) is 6.46. The summed E-state index contributed by atoms with van der Waals surface area (Å²) in [4.78, 5) is 16.4. The van der Waals surface area contributed by atoms with Crippen LogP contribution in [0.4, 0.5) is 4.39 Å². The van der Waals surface area contributed by atoms with Gasteiger partial charge in [0.1, 0.15) is 5.82 Å². The normalized spacial score (nSPS) is 16.7. The number of aryl methyl sites for hydroxylation is 1. The van der Waals surface area contributed by atoms with Crippen molar-refractivity contribution in [2.24, 2.45) is 0 Å². The van der Waals surface area contributed by atoms with Crippen LogP contribution in [0.25, 0.3) is 0 Å². The summed E-state index contributed by atoms with van der Waals surface area (Å²) >= 11 is 0. The SMILES string of the molecule is CCC(O)(CC)CN1CCN(C(=O)c2ccc(C)c(F)c2)CC1. The maximum Gasteiger partial charge on any atom is 0.254 e. The van der Waals surface area contributed by atoms with Gasteiger partial charge in [0.25, 0.3) is 5.91 Å². The third-order valence-corrected chi connectivity index (χ3v) is 4.91. The molecule has 1 aromatic carbocycles. The lowest BCUT2D eigenvalue weighted by Gasteiger charge is -2.39. The fourth-order valence-corrected chi connectivity index (χ4v) is 2.91. The molecule has 2 rings (SSSR count). The minimum Gasteiger partial charge on any atom is -0.389 e. The predicted octanol–water partition coefficient (Wildman–Crippen LogP) is 2.44. The maximum absolute atomic E-state index is 13.6. The predicted molar refractivity (Wildman–Crippen MR) is 89.0 cm³/mol. The van der Waals surface area contributed by atoms with E-state index in [9.17, 15) is 14.3 Å². The molecule has 1 N–H and O–H groups in total. The highest BCUT2D eigenvalue weighted by atomic mass is 19.1. The van der Waals surface area contributed by atoms with Crippen LogP contribution in [0.15, 0.2) is 18.2 Å². The van der Waals surface area contributed by atoms with Crippen LogP contribution >= 0.6 is 0 Å². The van der Waals surface area contributed by atoms with Gasteiger partial charge >= 0.3 is 0 Å². The molecule has 0 radical (unpaired) electrons. The summed E-state index contributed by atoms with van der Waals surface area (Å²) < 4.78 is 13.6. The summed E-state index contributed by atoms with van der Waals surface area (Å²) in [5.74, 6) is -0.463. The highest BCUT2D eigenvalue weighted by Crippen LogP contribution is 2.18. The fraction of sp³-hybridized carbons (Fsp3) is 0.611. The Hall–Kier alpha value is -1.46. The van der Waals surface area contributed by atoms with Crippen molar-refractivity contribution in [2.75, 3.05) is 32.7 Å². The van der Waals surface area contributed by atoms with E-state index in [-0.39, 0.29) is 11.7 Å². The number of halogens is 1. The molecule has 1 amide bonds. The first-order valence-electron chi connectivity index (χ1n) is 8.38. The number of nitrogens with zero attached hydrogens (tertiary/aromatic N) is 2. The van der Waals surface area contributed by atoms with Crippen molar-refractivity contribution < 1.29 is 14.3 Å². The van der Waals surface area contributed by atoms with Crippen LogP contribution < -0.4 is 0 Å². The van der Waals surface area contributed by atoms with Crippen LogP contribution in [0.2, 0.25) is 0 Å². The lowest BCUT2D eigenvalue weighted by molar-refractivity contribution is -0.0139. The molecule has 1 aliphatic heterocycles. The molecule has 0 bridgehead atoms. The van der Waals surface area contributed by atoms with Crippen molar-refractivity contribution in [1.82, 2.24) is 9.80 Å². The number of aliphatic hydroxyl groups is 1. The van der Waals surface area contributed by atoms with E-state index in [0.717, 1.165) is 25.9 Å². The van der Waals surface area contributed by atoms with Gasteiger partial charge in [-0.1, -0.05) is 19.9 Å². The second-order valence-electron chi connectivity index (χ2n) is 6.46. The molecule has 0 aliphatic carbocycles. The van der Waals surface area contributed by atoms with Crippen molar-refractivity contribution in [3.8, 4) is 0 Å². The van der Waals surface area contributed by atoms with Gasteiger partial charge in [-0.3, -0.25) is 9.69 Å². The summed E-state index contributed by atoms with van der Waals surface area (Å²) in [7, 11) is 0. The van der Waals surface area contributed by atoms with E-state index >= 15 is 0 Å². The molecular weight excluding hydrogens is 295 g/mol. The molecule has 0 unspecified atom stereocenters. The van der Waals surface area contributed by atoms with E-state index in [1.54, 1.807) is 24.0 Å². The minimum atomic E-state index is -0.647. The first-order chi connectivity index (χ1) is 10.9. The van der Waals surface area contributed by atoms with Gasteiger partial charge in [-0.05, 0) is 37.5 Å². The first-order valence-corrected chi connectivity index (χ1v) is 8.38. The Bertz CT molecular complexity index is 550. The molecule has 1 aromatic rings. The van der Waals surface area contributed by atoms with E-state index < -0.39 is 5.60 Å². The molecule has 0 spiro atoms. The Morgan fingerprint density at radius 3 is 2.35 bits per heavy atom. The third-order valence-electron chi connectivity index (χ3n) is 4.91. The van der Waals surface area contributed by atoms with E-state index in [1.807, 2.05) is 13.8 Å². The van der Waals surface area contributed by atoms with Crippen LogP contribution in [-0.4, -0.2) is 59.1 Å². The lowest BCUT2D eigenvalue weighted by Crippen LogP contribution is -2.53. The number of hydrogen-bond donors (Lipinski definition) is 1. The molecule has 23 heavy (non-hydrogen) atoms. The van der Waals surface area contributed by atoms with Gasteiger partial charge in [0.15, 0.2) is 0 Å². The zero-order valence-electron chi connectivity index (χ0n) is 14.3. The highest BCUT2D eigenvalue weighted by Gasteiger charge is 2.29. The Labute approximate surface area is 137 Å². The first kappa shape index (κ1) is 17.9. The average molecular weight is 322 g/mol. The molecule has 128 valence electrons. The van der Waals surface area contributed by atoms with Gasteiger partial charge in [-0.25, -0.2) is 4.39 Å². The summed E-state index contributed by atoms with van der Waals surface area (Å²) in [6.45, 7) is 9.01. The topological polar surface area (TPSA) is 43.8 Å². The molecule has 1 saturated heterocycles. The van der Waals surface area contributed by atoms with E-state index in [2.05, 4.69) is 4.90 Å². The van der Waals surface area contributed by atoms with Crippen molar-refractivity contribution in [2.45, 2.75) is 39.2 Å². The molecule has 1 fully saturated rings. The lowest BCUT2D eigenvalue weighted by atomic mass is 9.96. The minimum absolute atomic E-state index is 0.121. The number of amides is 1. The smallest absolute Gasteiger partial charge is 0.254 e. The standard InChI is InChI=1S/C18H27FN2O2/c1-4-18(23,5-2)13-20-8-10-21(11-9-20)17(22)15-7-6-14(3)16(19)12-15/h6-7,12,23H,4-5,8-11,13H2,1-3H3. The highest BCUT2D eigenvalue weighted by molar-refractivity contribution is 5.94. The molecule has 0 aromatic heterocycles. The van der Waals surface area contributed by atoms with Gasteiger partial charge < -0.3 is 10.0 Å². The monoisotopic (exact) mass is 322 g/mol. The zero-order chi connectivity index (χ0) is 17.0. The molecular formula is C18H27FN2O2. The van der Waals surface area contributed by atoms with Crippen LogP contribution in [-0.2, 0) is 0 Å². The summed E-state index contributed by atoms with van der Waals surface area (Å²) in [5, 5.41) is 10.4. The number of piperazine rings is 1. The van der Waals surface area contributed by atoms with Gasteiger partial charge in [-0.15, -0.1) is 0 Å². The summed E-state index contributed by atoms with van der Waals surface area (Å²) in [6, 6.07) is 4.64. The zero-order valence-corrected chi connectivity index (χ0v) is 14.3. The van der Waals surface area contributed by atoms with Crippen molar-refractivity contribution in [3.63, 3.8) is 0 Å². The van der Waals surface area contributed by atoms with Crippen LogP contribution in [0.1, 0.15) is 42.6 Å². The second kappa shape index (κ2) is 7.41. The number of carbonyl (C=O) groups excluding carboxylic acids is 1. The van der Waals surface area contributed by atoms with Crippen LogP contribution in [0.5, 0.6) is 0 Å². The number of rotatable bonds is 5. The van der Waals surface area contributed by atoms with Crippen molar-refractivity contribution in [3.05, 3.63) is 35.1 Å². The largest absolute Gasteiger partial charge is 0.389 e. The molecule has 1 aliphatic rings. The Morgan fingerprint density at radius 1 is 1.22 bits per heavy atom. The Morgan fingerprint density at radius 2 is 1.83 bits per heavy atom. The number of benzene rings is 1. The van der Waals surface area contributed by atoms with E-state index in [0.29, 0.717) is 30.8 Å². The summed E-state index contributed by atoms with van der Waals surface area (Å²) in [5.41, 5.74) is 0.302. The average Bonchev–Trinajstić information content (AvgIpc) is 2.57. The third kappa shape index (κ3) is 4.30. The number of hydrogen-bond acceptors (Lipinski definition) is 3. The van der Waals surface area contributed by atoms with Gasteiger partial charge in [0.05, 0.1) is 5.60 Å². The molecule has 1 heterocycles. The van der Waals surface area contributed by atoms with Gasteiger partial charge in [0, 0.05) is 38.3 Å². The Kier molecular flexibility index (Phi) is 5.76. The van der Waals surface area contributed by atoms with Crippen molar-refractivity contribution in [1.29, 1.82) is 0 Å². The summed E-state index contributed by atoms with van der Waals surface area (Å²) in [6.07, 6.45) is 1.45. The molecule has 4 nitrogen and oxygen atoms in total. The molecule has 0 atom stereocenters. The van der Waals surface area contributed by atoms with Gasteiger partial charge in [-0.2, -0.15) is 0 Å². The van der Waals surface area contributed by atoms with Crippen LogP contribution in [0, 0.1) is 12.7 Å². The molecule has 5 heteroatoms. The van der Waals surface area contributed by atoms with Crippen molar-refractivity contribution >= 4 is 5.91 Å². The van der Waals surface area contributed by atoms with Crippen LogP contribution in [0.3, 0.4) is 0 Å². The van der Waals surface area contributed by atoms with E-state index in [1.165, 1.54) is 6.07 Å². The Balaban J connectivity index is 1.93. The number of β-amino-alcohol motifs (C(OH)–C–C–N with tert-alkyl or cyclic N) is 1. The molecule has 0 saturated carbocycles. The maximum atomic E-state index is 13.6. The van der Waals surface area contributed by atoms with Gasteiger partial charge in [0.2, 0.25) is 0 Å². The fourth-order valence-electron chi connectivity index (χ4n) is 2.91. The quantitative estimate of drug-likeness (QED) is 0.905. The van der Waals surface area contributed by atoms with E-state index in [4.69, 9.17) is 0 Å².